The van der Waals surface area contributed by atoms with Crippen LogP contribution in [0.2, 0.25) is 0 Å². The van der Waals surface area contributed by atoms with E-state index in [0.29, 0.717) is 18.4 Å². The van der Waals surface area contributed by atoms with Gasteiger partial charge in [-0.25, -0.2) is 0 Å². The van der Waals surface area contributed by atoms with Crippen LogP contribution in [-0.4, -0.2) is 51.8 Å². The standard InChI is InChI=1S/C34H38N2O6/c1-18-9-8-11-25-31(40)21(4)20(3)30-27(16-23-17-35-26-12-7-6-10-24(23)26)36-33(41)34(25,30)29(39)14-13-28(38)32(19(2)15-18)42-22(5)37/h6-8,10-15,17-18,25,27,30-32,35,40H,9,16H2,1-5H3,(H,36,41)/b11-8+,14-13+,19-15?/t18-,25-,27-,30-,31+,32+,34+/m0/s1. The van der Waals surface area contributed by atoms with Crippen molar-refractivity contribution in [1.82, 2.24) is 10.3 Å². The normalized spacial score (nSPS) is 33.5. The molecule has 1 amide bonds. The first-order chi connectivity index (χ1) is 20.0. The van der Waals surface area contributed by atoms with Gasteiger partial charge in [0, 0.05) is 41.9 Å². The lowest BCUT2D eigenvalue weighted by molar-refractivity contribution is -0.149. The van der Waals surface area contributed by atoms with E-state index in [1.165, 1.54) is 6.92 Å². The van der Waals surface area contributed by atoms with Gasteiger partial charge in [-0.1, -0.05) is 48.9 Å². The quantitative estimate of drug-likeness (QED) is 0.287. The Bertz CT molecular complexity index is 1570. The summed E-state index contributed by atoms with van der Waals surface area (Å²) in [6, 6.07) is 7.50. The maximum Gasteiger partial charge on any atom is 0.303 e. The number of carbonyl (C=O) groups is 4. The summed E-state index contributed by atoms with van der Waals surface area (Å²) in [5.74, 6) is -3.64. The van der Waals surface area contributed by atoms with Crippen LogP contribution in [0.25, 0.3) is 10.9 Å². The number of carbonyl (C=O) groups excluding carboxylic acids is 4. The predicted molar refractivity (Wildman–Crippen MR) is 159 cm³/mol. The van der Waals surface area contributed by atoms with Crippen molar-refractivity contribution >= 4 is 34.3 Å². The molecular weight excluding hydrogens is 532 g/mol. The number of rotatable bonds is 3. The van der Waals surface area contributed by atoms with Gasteiger partial charge in [-0.05, 0) is 74.5 Å². The Hall–Kier alpha value is -4.04. The van der Waals surface area contributed by atoms with Crippen molar-refractivity contribution in [2.75, 3.05) is 0 Å². The van der Waals surface area contributed by atoms with Crippen molar-refractivity contribution in [3.63, 3.8) is 0 Å². The number of nitrogens with one attached hydrogen (secondary N) is 2. The van der Waals surface area contributed by atoms with E-state index >= 15 is 0 Å². The van der Waals surface area contributed by atoms with Crippen LogP contribution in [0.15, 0.2) is 77.6 Å². The molecule has 1 saturated heterocycles. The summed E-state index contributed by atoms with van der Waals surface area (Å²) in [5.41, 5.74) is 2.42. The molecule has 8 nitrogen and oxygen atoms in total. The molecule has 8 heteroatoms. The minimum absolute atomic E-state index is 0.0366. The van der Waals surface area contributed by atoms with Gasteiger partial charge in [0.25, 0.3) is 0 Å². The van der Waals surface area contributed by atoms with Gasteiger partial charge >= 0.3 is 5.97 Å². The number of aromatic amines is 1. The molecule has 2 aromatic rings. The van der Waals surface area contributed by atoms with E-state index in [-0.39, 0.29) is 5.92 Å². The Morgan fingerprint density at radius 3 is 2.57 bits per heavy atom. The molecule has 3 aliphatic rings. The van der Waals surface area contributed by atoms with Crippen molar-refractivity contribution in [2.45, 2.75) is 65.7 Å². The lowest BCUT2D eigenvalue weighted by Gasteiger charge is -2.45. The smallest absolute Gasteiger partial charge is 0.303 e. The Morgan fingerprint density at radius 1 is 1.10 bits per heavy atom. The molecule has 42 heavy (non-hydrogen) atoms. The molecule has 0 radical (unpaired) electrons. The molecule has 1 aliphatic heterocycles. The molecular formula is C34H38N2O6. The lowest BCUT2D eigenvalue weighted by Crippen LogP contribution is -2.55. The highest BCUT2D eigenvalue weighted by Crippen LogP contribution is 2.55. The van der Waals surface area contributed by atoms with Crippen LogP contribution in [-0.2, 0) is 30.3 Å². The first-order valence-electron chi connectivity index (χ1n) is 14.5. The fourth-order valence-corrected chi connectivity index (χ4v) is 7.19. The van der Waals surface area contributed by atoms with Crippen LogP contribution in [0.5, 0.6) is 0 Å². The zero-order valence-electron chi connectivity index (χ0n) is 24.6. The van der Waals surface area contributed by atoms with Crippen molar-refractivity contribution < 1.29 is 29.0 Å². The number of hydrogen-bond acceptors (Lipinski definition) is 6. The second-order valence-corrected chi connectivity index (χ2v) is 12.0. The molecule has 0 unspecified atom stereocenters. The number of fused-ring (bicyclic) bond motifs is 1. The number of aromatic nitrogens is 1. The highest BCUT2D eigenvalue weighted by Gasteiger charge is 2.66. The van der Waals surface area contributed by atoms with Crippen LogP contribution < -0.4 is 5.32 Å². The molecule has 1 spiro atoms. The van der Waals surface area contributed by atoms with Gasteiger partial charge in [0.05, 0.1) is 6.10 Å². The Morgan fingerprint density at radius 2 is 1.83 bits per heavy atom. The summed E-state index contributed by atoms with van der Waals surface area (Å²) in [7, 11) is 0. The number of hydrogen-bond donors (Lipinski definition) is 3. The van der Waals surface area contributed by atoms with Gasteiger partial charge in [0.1, 0.15) is 5.41 Å². The zero-order chi connectivity index (χ0) is 30.3. The highest BCUT2D eigenvalue weighted by molar-refractivity contribution is 6.16. The Kier molecular flexibility index (Phi) is 7.94. The monoisotopic (exact) mass is 570 g/mol. The Balaban J connectivity index is 1.64. The summed E-state index contributed by atoms with van der Waals surface area (Å²) in [4.78, 5) is 56.9. The number of H-pyrrole nitrogens is 1. The van der Waals surface area contributed by atoms with Gasteiger partial charge in [-0.2, -0.15) is 0 Å². The number of ketones is 2. The number of aliphatic hydroxyl groups excluding tert-OH is 1. The molecule has 1 aromatic carbocycles. The molecule has 0 saturated carbocycles. The van der Waals surface area contributed by atoms with Gasteiger partial charge in [-0.3, -0.25) is 19.2 Å². The predicted octanol–water partition coefficient (Wildman–Crippen LogP) is 4.31. The third-order valence-electron chi connectivity index (χ3n) is 9.26. The second kappa shape index (κ2) is 11.3. The Labute approximate surface area is 245 Å². The maximum atomic E-state index is 14.3. The molecule has 220 valence electrons. The van der Waals surface area contributed by atoms with E-state index in [1.807, 2.05) is 63.4 Å². The van der Waals surface area contributed by atoms with Crippen molar-refractivity contribution in [1.29, 1.82) is 0 Å². The fraction of sp³-hybridized carbons (Fsp3) is 0.412. The minimum Gasteiger partial charge on any atom is -0.450 e. The number of aliphatic hydroxyl groups is 1. The van der Waals surface area contributed by atoms with E-state index in [2.05, 4.69) is 10.3 Å². The van der Waals surface area contributed by atoms with Crippen molar-refractivity contribution in [3.8, 4) is 0 Å². The fourth-order valence-electron chi connectivity index (χ4n) is 7.19. The first-order valence-corrected chi connectivity index (χ1v) is 14.5. The number of para-hydroxylation sites is 1. The van der Waals surface area contributed by atoms with E-state index < -0.39 is 58.9 Å². The molecule has 2 heterocycles. The zero-order valence-corrected chi connectivity index (χ0v) is 24.6. The third-order valence-corrected chi connectivity index (χ3v) is 9.26. The van der Waals surface area contributed by atoms with Crippen LogP contribution in [0, 0.1) is 23.2 Å². The summed E-state index contributed by atoms with van der Waals surface area (Å²) in [6.07, 6.45) is 8.52. The molecule has 7 atom stereocenters. The molecule has 5 rings (SSSR count). The maximum absolute atomic E-state index is 14.3. The number of benzene rings is 1. The minimum atomic E-state index is -1.66. The van der Waals surface area contributed by atoms with Gasteiger partial charge in [0.2, 0.25) is 11.7 Å². The average Bonchev–Trinajstić information content (AvgIpc) is 3.49. The van der Waals surface area contributed by atoms with Crippen molar-refractivity contribution in [2.24, 2.45) is 23.2 Å². The lowest BCUT2D eigenvalue weighted by atomic mass is 9.55. The summed E-state index contributed by atoms with van der Waals surface area (Å²) in [6.45, 7) is 8.65. The van der Waals surface area contributed by atoms with E-state index in [0.717, 1.165) is 39.8 Å². The SMILES string of the molecule is CC(=O)O[C@H]1C(=O)/C=C/C(=O)[C@@]23C(=O)N[C@@H](Cc4c[nH]c5ccccc45)[C@@H]2C(C)=C(C)[C@@H](O)[C@@H]3/C=C/C[C@H](C)C=C1C. The third kappa shape index (κ3) is 4.87. The molecule has 1 fully saturated rings. The molecule has 2 aliphatic carbocycles. The molecule has 3 N–H and O–H groups in total. The topological polar surface area (TPSA) is 126 Å². The van der Waals surface area contributed by atoms with Crippen LogP contribution in [0.3, 0.4) is 0 Å². The summed E-state index contributed by atoms with van der Waals surface area (Å²) < 4.78 is 5.34. The van der Waals surface area contributed by atoms with E-state index in [9.17, 15) is 24.3 Å². The highest BCUT2D eigenvalue weighted by atomic mass is 16.5. The van der Waals surface area contributed by atoms with Crippen LogP contribution in [0.4, 0.5) is 0 Å². The van der Waals surface area contributed by atoms with Gasteiger partial charge in [0.15, 0.2) is 11.9 Å². The van der Waals surface area contributed by atoms with Crippen LogP contribution >= 0.6 is 0 Å². The molecule has 0 bridgehead atoms. The summed E-state index contributed by atoms with van der Waals surface area (Å²) in [5, 5.41) is 15.7. The number of allylic oxidation sites excluding steroid dienone is 3. The van der Waals surface area contributed by atoms with Crippen molar-refractivity contribution in [3.05, 3.63) is 83.1 Å². The van der Waals surface area contributed by atoms with E-state index in [4.69, 9.17) is 4.74 Å². The van der Waals surface area contributed by atoms with Crippen LogP contribution in [0.1, 0.15) is 46.6 Å². The average molecular weight is 571 g/mol. The largest absolute Gasteiger partial charge is 0.450 e. The second-order valence-electron chi connectivity index (χ2n) is 12.0. The summed E-state index contributed by atoms with van der Waals surface area (Å²) >= 11 is 0. The first kappa shape index (κ1) is 29.5. The van der Waals surface area contributed by atoms with Gasteiger partial charge < -0.3 is 20.1 Å². The molecule has 1 aromatic heterocycles. The van der Waals surface area contributed by atoms with Gasteiger partial charge in [-0.15, -0.1) is 0 Å². The number of amides is 1. The number of ether oxygens (including phenoxy) is 1. The van der Waals surface area contributed by atoms with E-state index in [1.54, 1.807) is 13.0 Å². The number of esters is 1.